The molecule has 12 heavy (non-hydrogen) atoms. The number of allylic oxidation sites excluding steroid dienone is 5. The van der Waals surface area contributed by atoms with Gasteiger partial charge >= 0.3 is 0 Å². The summed E-state index contributed by atoms with van der Waals surface area (Å²) in [6.07, 6.45) is 10.3. The molecule has 1 aliphatic heterocycles. The number of likely N-dealkylation sites (N-methyl/N-ethyl adjacent to an activating group) is 1. The molecular weight excluding hydrogens is 148 g/mol. The zero-order chi connectivity index (χ0) is 8.39. The standard InChI is InChI=1S/C10H12N2/c1-12-8-7-11-9-5-3-2-4-6-10(9)12/h2-6H,7-8H2,1H3. The summed E-state index contributed by atoms with van der Waals surface area (Å²) in [4.78, 5) is 6.68. The van der Waals surface area contributed by atoms with Gasteiger partial charge in [-0.25, -0.2) is 0 Å². The third-order valence-electron chi connectivity index (χ3n) is 2.12. The van der Waals surface area contributed by atoms with Gasteiger partial charge in [0, 0.05) is 13.6 Å². The fourth-order valence-corrected chi connectivity index (χ4v) is 1.43. The Hall–Kier alpha value is -1.31. The van der Waals surface area contributed by atoms with Gasteiger partial charge in [0.2, 0.25) is 0 Å². The van der Waals surface area contributed by atoms with Crippen LogP contribution in [0.2, 0.25) is 0 Å². The zero-order valence-electron chi connectivity index (χ0n) is 7.20. The fourth-order valence-electron chi connectivity index (χ4n) is 1.43. The average molecular weight is 160 g/mol. The van der Waals surface area contributed by atoms with Crippen LogP contribution in [0.15, 0.2) is 41.1 Å². The van der Waals surface area contributed by atoms with Crippen LogP contribution in [-0.2, 0) is 0 Å². The van der Waals surface area contributed by atoms with Crippen molar-refractivity contribution in [1.29, 1.82) is 0 Å². The molecule has 0 saturated heterocycles. The van der Waals surface area contributed by atoms with Crippen LogP contribution in [0.25, 0.3) is 0 Å². The molecule has 62 valence electrons. The van der Waals surface area contributed by atoms with Gasteiger partial charge in [0.1, 0.15) is 0 Å². The maximum atomic E-state index is 4.44. The first kappa shape index (κ1) is 7.35. The van der Waals surface area contributed by atoms with Gasteiger partial charge in [-0.2, -0.15) is 0 Å². The smallest absolute Gasteiger partial charge is 0.0808 e. The third-order valence-corrected chi connectivity index (χ3v) is 2.12. The fraction of sp³-hybridized carbons (Fsp3) is 0.300. The van der Waals surface area contributed by atoms with Crippen LogP contribution in [0.1, 0.15) is 0 Å². The van der Waals surface area contributed by atoms with Gasteiger partial charge in [0.05, 0.1) is 18.0 Å². The predicted molar refractivity (Wildman–Crippen MR) is 51.3 cm³/mol. The second-order valence-corrected chi connectivity index (χ2v) is 2.98. The normalized spacial score (nSPS) is 21.2. The molecule has 0 bridgehead atoms. The summed E-state index contributed by atoms with van der Waals surface area (Å²) in [6.45, 7) is 1.94. The summed E-state index contributed by atoms with van der Waals surface area (Å²) in [7, 11) is 2.10. The molecule has 0 aromatic heterocycles. The minimum absolute atomic E-state index is 0.910. The SMILES string of the molecule is CN1CCN=C2C=CC=CC=C21. The Bertz CT molecular complexity index is 295. The molecule has 0 N–H and O–H groups in total. The number of fused-ring (bicyclic) bond motifs is 1. The monoisotopic (exact) mass is 160 g/mol. The molecule has 0 radical (unpaired) electrons. The lowest BCUT2D eigenvalue weighted by molar-refractivity contribution is 0.437. The highest BCUT2D eigenvalue weighted by Gasteiger charge is 2.13. The van der Waals surface area contributed by atoms with Crippen LogP contribution in [0.3, 0.4) is 0 Å². The second-order valence-electron chi connectivity index (χ2n) is 2.98. The number of aliphatic imine (C=N–C) groups is 1. The Kier molecular flexibility index (Phi) is 1.82. The van der Waals surface area contributed by atoms with Crippen molar-refractivity contribution in [3.05, 3.63) is 36.1 Å². The topological polar surface area (TPSA) is 15.6 Å². The first-order chi connectivity index (χ1) is 5.88. The van der Waals surface area contributed by atoms with Gasteiger partial charge in [-0.1, -0.05) is 18.2 Å². The number of hydrogen-bond acceptors (Lipinski definition) is 2. The second kappa shape index (κ2) is 2.97. The van der Waals surface area contributed by atoms with Crippen molar-refractivity contribution in [1.82, 2.24) is 4.90 Å². The van der Waals surface area contributed by atoms with E-state index in [0.717, 1.165) is 18.8 Å². The highest BCUT2D eigenvalue weighted by Crippen LogP contribution is 2.12. The molecular formula is C10H12N2. The van der Waals surface area contributed by atoms with E-state index in [0.29, 0.717) is 0 Å². The molecule has 1 heterocycles. The Morgan fingerprint density at radius 1 is 1.33 bits per heavy atom. The Balaban J connectivity index is 2.41. The maximum Gasteiger partial charge on any atom is 0.0808 e. The minimum atomic E-state index is 0.910. The van der Waals surface area contributed by atoms with Crippen molar-refractivity contribution in [3.8, 4) is 0 Å². The van der Waals surface area contributed by atoms with Crippen molar-refractivity contribution < 1.29 is 0 Å². The largest absolute Gasteiger partial charge is 0.371 e. The molecule has 2 rings (SSSR count). The van der Waals surface area contributed by atoms with Crippen molar-refractivity contribution >= 4 is 5.71 Å². The van der Waals surface area contributed by atoms with Gasteiger partial charge in [0.15, 0.2) is 0 Å². The van der Waals surface area contributed by atoms with Crippen LogP contribution in [0.5, 0.6) is 0 Å². The summed E-state index contributed by atoms with van der Waals surface area (Å²) < 4.78 is 0. The van der Waals surface area contributed by atoms with Gasteiger partial charge in [-0.05, 0) is 12.2 Å². The lowest BCUT2D eigenvalue weighted by Gasteiger charge is -2.25. The van der Waals surface area contributed by atoms with Crippen LogP contribution >= 0.6 is 0 Å². The molecule has 0 aromatic carbocycles. The molecule has 0 atom stereocenters. The first-order valence-electron chi connectivity index (χ1n) is 4.19. The van der Waals surface area contributed by atoms with Gasteiger partial charge in [-0.3, -0.25) is 4.99 Å². The maximum absolute atomic E-state index is 4.44. The van der Waals surface area contributed by atoms with E-state index in [1.807, 2.05) is 12.2 Å². The Morgan fingerprint density at radius 3 is 3.17 bits per heavy atom. The van der Waals surface area contributed by atoms with Crippen molar-refractivity contribution in [2.45, 2.75) is 0 Å². The van der Waals surface area contributed by atoms with E-state index in [4.69, 9.17) is 0 Å². The average Bonchev–Trinajstić information content (AvgIpc) is 2.30. The third kappa shape index (κ3) is 1.20. The molecule has 0 aromatic rings. The lowest BCUT2D eigenvalue weighted by Crippen LogP contribution is -2.29. The molecule has 2 heteroatoms. The van der Waals surface area contributed by atoms with E-state index in [-0.39, 0.29) is 0 Å². The van der Waals surface area contributed by atoms with E-state index in [1.165, 1.54) is 5.70 Å². The Labute approximate surface area is 72.6 Å². The molecule has 0 spiro atoms. The molecule has 2 nitrogen and oxygen atoms in total. The van der Waals surface area contributed by atoms with Crippen LogP contribution < -0.4 is 0 Å². The summed E-state index contributed by atoms with van der Waals surface area (Å²) in [5.74, 6) is 0. The predicted octanol–water partition coefficient (Wildman–Crippen LogP) is 1.38. The molecule has 0 fully saturated rings. The highest BCUT2D eigenvalue weighted by atomic mass is 15.1. The van der Waals surface area contributed by atoms with Crippen LogP contribution in [-0.4, -0.2) is 30.7 Å². The van der Waals surface area contributed by atoms with E-state index in [2.05, 4.69) is 35.2 Å². The molecule has 0 amide bonds. The zero-order valence-corrected chi connectivity index (χ0v) is 7.20. The van der Waals surface area contributed by atoms with Crippen LogP contribution in [0, 0.1) is 0 Å². The van der Waals surface area contributed by atoms with Gasteiger partial charge in [-0.15, -0.1) is 0 Å². The molecule has 2 aliphatic rings. The van der Waals surface area contributed by atoms with Crippen molar-refractivity contribution in [3.63, 3.8) is 0 Å². The van der Waals surface area contributed by atoms with E-state index in [1.54, 1.807) is 0 Å². The number of rotatable bonds is 0. The van der Waals surface area contributed by atoms with Gasteiger partial charge < -0.3 is 4.90 Å². The molecule has 1 aliphatic carbocycles. The summed E-state index contributed by atoms with van der Waals surface area (Å²) in [5.41, 5.74) is 2.33. The van der Waals surface area contributed by atoms with Crippen LogP contribution in [0.4, 0.5) is 0 Å². The van der Waals surface area contributed by atoms with Crippen molar-refractivity contribution in [2.24, 2.45) is 4.99 Å². The lowest BCUT2D eigenvalue weighted by atomic mass is 10.2. The summed E-state index contributed by atoms with van der Waals surface area (Å²) in [6, 6.07) is 0. The Morgan fingerprint density at radius 2 is 2.25 bits per heavy atom. The number of nitrogens with zero attached hydrogens (tertiary/aromatic N) is 2. The number of hydrogen-bond donors (Lipinski definition) is 0. The van der Waals surface area contributed by atoms with E-state index in [9.17, 15) is 0 Å². The van der Waals surface area contributed by atoms with E-state index < -0.39 is 0 Å². The molecule has 0 unspecified atom stereocenters. The minimum Gasteiger partial charge on any atom is -0.371 e. The molecule has 0 saturated carbocycles. The summed E-state index contributed by atoms with van der Waals surface area (Å²) >= 11 is 0. The summed E-state index contributed by atoms with van der Waals surface area (Å²) in [5, 5.41) is 0. The first-order valence-corrected chi connectivity index (χ1v) is 4.19. The highest BCUT2D eigenvalue weighted by molar-refractivity contribution is 6.09. The van der Waals surface area contributed by atoms with Crippen molar-refractivity contribution in [2.75, 3.05) is 20.1 Å². The van der Waals surface area contributed by atoms with Gasteiger partial charge in [0.25, 0.3) is 0 Å². The van der Waals surface area contributed by atoms with E-state index >= 15 is 0 Å². The quantitative estimate of drug-likeness (QED) is 0.522.